The Balaban J connectivity index is 1.61. The minimum atomic E-state index is -0.615. The molecular formula is C24H36N6O3S. The summed E-state index contributed by atoms with van der Waals surface area (Å²) >= 11 is 1.51. The van der Waals surface area contributed by atoms with Crippen LogP contribution in [0.25, 0.3) is 0 Å². The summed E-state index contributed by atoms with van der Waals surface area (Å²) in [5.74, 6) is 1.22. The van der Waals surface area contributed by atoms with Crippen LogP contribution in [0.3, 0.4) is 0 Å². The van der Waals surface area contributed by atoms with Crippen molar-refractivity contribution >= 4 is 34.3 Å². The normalized spacial score (nSPS) is 17.4. The quantitative estimate of drug-likeness (QED) is 0.567. The molecule has 1 fully saturated rings. The van der Waals surface area contributed by atoms with E-state index in [-0.39, 0.29) is 11.8 Å². The molecule has 2 amide bonds. The molecule has 3 rings (SSSR count). The molecule has 0 bridgehead atoms. The molecule has 34 heavy (non-hydrogen) atoms. The van der Waals surface area contributed by atoms with Crippen molar-refractivity contribution in [1.82, 2.24) is 25.2 Å². The van der Waals surface area contributed by atoms with Crippen molar-refractivity contribution in [2.45, 2.75) is 71.9 Å². The molecule has 1 aliphatic rings. The maximum Gasteiger partial charge on any atom is 0.408 e. The van der Waals surface area contributed by atoms with E-state index in [0.717, 1.165) is 30.1 Å². The first-order chi connectivity index (χ1) is 16.1. The molecule has 2 N–H and O–H groups in total. The number of anilines is 2. The van der Waals surface area contributed by atoms with Gasteiger partial charge in [-0.05, 0) is 58.3 Å². The van der Waals surface area contributed by atoms with Gasteiger partial charge in [0.2, 0.25) is 5.91 Å². The van der Waals surface area contributed by atoms with Gasteiger partial charge in [0.25, 0.3) is 0 Å². The van der Waals surface area contributed by atoms with Crippen LogP contribution in [-0.2, 0) is 16.0 Å². The van der Waals surface area contributed by atoms with E-state index in [1.54, 1.807) is 12.5 Å². The number of amides is 2. The Morgan fingerprint density at radius 3 is 2.74 bits per heavy atom. The SMILES string of the molecule is CC(C)C[C@H](NC(=O)OC(C)(C)C)C(=O)N1CCCC(Cc2cc(Nc3nccs3)ncn2)C1. The number of likely N-dealkylation sites (tertiary alicyclic amines) is 1. The van der Waals surface area contributed by atoms with Crippen molar-refractivity contribution in [3.05, 3.63) is 29.7 Å². The summed E-state index contributed by atoms with van der Waals surface area (Å²) in [4.78, 5) is 40.6. The molecule has 0 spiro atoms. The fraction of sp³-hybridized carbons (Fsp3) is 0.625. The van der Waals surface area contributed by atoms with Crippen LogP contribution < -0.4 is 10.6 Å². The molecule has 2 aromatic heterocycles. The summed E-state index contributed by atoms with van der Waals surface area (Å²) in [6.07, 6.45) is 6.02. The molecule has 2 atom stereocenters. The Hall–Kier alpha value is -2.75. The van der Waals surface area contributed by atoms with Crippen molar-refractivity contribution < 1.29 is 14.3 Å². The average molecular weight is 489 g/mol. The predicted octanol–water partition coefficient (Wildman–Crippen LogP) is 4.40. The van der Waals surface area contributed by atoms with E-state index in [9.17, 15) is 9.59 Å². The molecule has 0 saturated carbocycles. The highest BCUT2D eigenvalue weighted by molar-refractivity contribution is 7.13. The van der Waals surface area contributed by atoms with Gasteiger partial charge in [-0.25, -0.2) is 19.7 Å². The standard InChI is InChI=1S/C24H36N6O3S/c1-16(2)11-19(28-23(32)33-24(3,4)5)21(31)30-9-6-7-17(14-30)12-18-13-20(27-15-26-18)29-22-25-8-10-34-22/h8,10,13,15-17,19H,6-7,9,11-12,14H2,1-5H3,(H,28,32)(H,25,26,27,29)/t17?,19-/m0/s1. The Morgan fingerprint density at radius 1 is 1.26 bits per heavy atom. The van der Waals surface area contributed by atoms with Gasteiger partial charge in [-0.3, -0.25) is 4.79 Å². The van der Waals surface area contributed by atoms with Crippen LogP contribution in [-0.4, -0.2) is 56.6 Å². The first kappa shape index (κ1) is 25.9. The Labute approximate surface area is 205 Å². The molecule has 1 aliphatic heterocycles. The van der Waals surface area contributed by atoms with Gasteiger partial charge >= 0.3 is 6.09 Å². The Bertz CT molecular complexity index is 944. The van der Waals surface area contributed by atoms with Gasteiger partial charge in [0, 0.05) is 36.4 Å². The van der Waals surface area contributed by atoms with Crippen molar-refractivity contribution in [2.75, 3.05) is 18.4 Å². The van der Waals surface area contributed by atoms with Crippen LogP contribution in [0, 0.1) is 11.8 Å². The molecule has 186 valence electrons. The summed E-state index contributed by atoms with van der Waals surface area (Å²) < 4.78 is 5.39. The second kappa shape index (κ2) is 11.6. The molecule has 2 aromatic rings. The van der Waals surface area contributed by atoms with Crippen molar-refractivity contribution in [3.63, 3.8) is 0 Å². The largest absolute Gasteiger partial charge is 0.444 e. The van der Waals surface area contributed by atoms with E-state index in [1.807, 2.05) is 51.0 Å². The third-order valence-electron chi connectivity index (χ3n) is 5.42. The summed E-state index contributed by atoms with van der Waals surface area (Å²) in [6.45, 7) is 10.9. The highest BCUT2D eigenvalue weighted by Crippen LogP contribution is 2.23. The van der Waals surface area contributed by atoms with Crippen molar-refractivity contribution in [3.8, 4) is 0 Å². The van der Waals surface area contributed by atoms with E-state index in [2.05, 4.69) is 25.6 Å². The lowest BCUT2D eigenvalue weighted by molar-refractivity contribution is -0.135. The van der Waals surface area contributed by atoms with Crippen LogP contribution >= 0.6 is 11.3 Å². The number of thiazole rings is 1. The van der Waals surface area contributed by atoms with Gasteiger partial charge in [-0.15, -0.1) is 11.3 Å². The molecule has 3 heterocycles. The van der Waals surface area contributed by atoms with E-state index in [1.165, 1.54) is 11.3 Å². The number of nitrogens with zero attached hydrogens (tertiary/aromatic N) is 4. The van der Waals surface area contributed by atoms with Crippen LogP contribution in [0.5, 0.6) is 0 Å². The Kier molecular flexibility index (Phi) is 8.82. The van der Waals surface area contributed by atoms with Gasteiger partial charge in [0.1, 0.15) is 23.8 Å². The van der Waals surface area contributed by atoms with E-state index >= 15 is 0 Å². The van der Waals surface area contributed by atoms with Crippen LogP contribution in [0.4, 0.5) is 15.7 Å². The van der Waals surface area contributed by atoms with Crippen LogP contribution in [0.15, 0.2) is 24.0 Å². The lowest BCUT2D eigenvalue weighted by atomic mass is 9.92. The third kappa shape index (κ3) is 8.23. The monoisotopic (exact) mass is 488 g/mol. The minimum absolute atomic E-state index is 0.0435. The number of hydrogen-bond acceptors (Lipinski definition) is 8. The van der Waals surface area contributed by atoms with E-state index in [4.69, 9.17) is 4.74 Å². The highest BCUT2D eigenvalue weighted by Gasteiger charge is 2.31. The topological polar surface area (TPSA) is 109 Å². The maximum atomic E-state index is 13.4. The molecule has 0 radical (unpaired) electrons. The van der Waals surface area contributed by atoms with Gasteiger partial charge < -0.3 is 20.3 Å². The second-order valence-corrected chi connectivity index (χ2v) is 11.1. The smallest absolute Gasteiger partial charge is 0.408 e. The number of aromatic nitrogens is 3. The van der Waals surface area contributed by atoms with Gasteiger partial charge in [-0.1, -0.05) is 13.8 Å². The number of rotatable bonds is 8. The van der Waals surface area contributed by atoms with E-state index in [0.29, 0.717) is 31.2 Å². The molecule has 1 unspecified atom stereocenters. The molecule has 9 nitrogen and oxygen atoms in total. The van der Waals surface area contributed by atoms with Crippen LogP contribution in [0.1, 0.15) is 59.6 Å². The van der Waals surface area contributed by atoms with E-state index < -0.39 is 17.7 Å². The number of hydrogen-bond donors (Lipinski definition) is 2. The number of carbonyl (C=O) groups is 2. The summed E-state index contributed by atoms with van der Waals surface area (Å²) in [7, 11) is 0. The maximum absolute atomic E-state index is 13.4. The fourth-order valence-electron chi connectivity index (χ4n) is 4.06. The van der Waals surface area contributed by atoms with Crippen molar-refractivity contribution in [2.24, 2.45) is 11.8 Å². The summed E-state index contributed by atoms with van der Waals surface area (Å²) in [5.41, 5.74) is 0.315. The van der Waals surface area contributed by atoms with Gasteiger partial charge in [0.15, 0.2) is 5.13 Å². The number of nitrogens with one attached hydrogen (secondary N) is 2. The fourth-order valence-corrected chi connectivity index (χ4v) is 4.60. The average Bonchev–Trinajstić information content (AvgIpc) is 3.24. The molecular weight excluding hydrogens is 452 g/mol. The number of piperidine rings is 1. The van der Waals surface area contributed by atoms with Gasteiger partial charge in [-0.2, -0.15) is 0 Å². The first-order valence-electron chi connectivity index (χ1n) is 11.8. The zero-order valence-electron chi connectivity index (χ0n) is 20.7. The zero-order valence-corrected chi connectivity index (χ0v) is 21.5. The molecule has 0 aromatic carbocycles. The Morgan fingerprint density at radius 2 is 2.06 bits per heavy atom. The predicted molar refractivity (Wildman–Crippen MR) is 133 cm³/mol. The highest BCUT2D eigenvalue weighted by atomic mass is 32.1. The lowest BCUT2D eigenvalue weighted by Crippen LogP contribution is -2.52. The van der Waals surface area contributed by atoms with Gasteiger partial charge in [0.05, 0.1) is 0 Å². The zero-order chi connectivity index (χ0) is 24.7. The third-order valence-corrected chi connectivity index (χ3v) is 6.10. The number of carbonyl (C=O) groups excluding carboxylic acids is 2. The second-order valence-electron chi connectivity index (χ2n) is 10.2. The van der Waals surface area contributed by atoms with Crippen LogP contribution in [0.2, 0.25) is 0 Å². The van der Waals surface area contributed by atoms with Crippen molar-refractivity contribution in [1.29, 1.82) is 0 Å². The summed E-state index contributed by atoms with van der Waals surface area (Å²) in [5, 5.41) is 8.69. The lowest BCUT2D eigenvalue weighted by Gasteiger charge is -2.35. The first-order valence-corrected chi connectivity index (χ1v) is 12.7. The molecule has 1 saturated heterocycles. The molecule has 10 heteroatoms. The summed E-state index contributed by atoms with van der Waals surface area (Å²) in [6, 6.07) is 1.34. The number of alkyl carbamates (subject to hydrolysis) is 1. The molecule has 0 aliphatic carbocycles. The number of ether oxygens (including phenoxy) is 1. The minimum Gasteiger partial charge on any atom is -0.444 e.